The zero-order valence-corrected chi connectivity index (χ0v) is 12.4. The Labute approximate surface area is 131 Å². The molecule has 2 aromatic carbocycles. The summed E-state index contributed by atoms with van der Waals surface area (Å²) in [6.45, 7) is 0. The average Bonchev–Trinajstić information content (AvgIpc) is 3.20. The molecule has 108 valence electrons. The van der Waals surface area contributed by atoms with Crippen LogP contribution in [-0.2, 0) is 5.75 Å². The Morgan fingerprint density at radius 2 is 1.82 bits per heavy atom. The summed E-state index contributed by atoms with van der Waals surface area (Å²) in [5.41, 5.74) is 2.72. The minimum absolute atomic E-state index is 0.611. The van der Waals surface area contributed by atoms with Gasteiger partial charge in [-0.15, -0.1) is 10.2 Å². The third-order valence-corrected chi connectivity index (χ3v) is 4.14. The topological polar surface area (TPSA) is 56.7 Å². The lowest BCUT2D eigenvalue weighted by Crippen LogP contribution is -1.94. The van der Waals surface area contributed by atoms with E-state index in [1.807, 2.05) is 59.2 Å². The van der Waals surface area contributed by atoms with Crippen molar-refractivity contribution >= 4 is 22.9 Å². The van der Waals surface area contributed by atoms with Gasteiger partial charge in [0.05, 0.1) is 5.75 Å². The molecule has 0 unspecified atom stereocenters. The van der Waals surface area contributed by atoms with E-state index in [0.717, 1.165) is 21.9 Å². The van der Waals surface area contributed by atoms with Crippen molar-refractivity contribution < 1.29 is 4.42 Å². The molecular weight excluding hydrogens is 296 g/mol. The van der Waals surface area contributed by atoms with Gasteiger partial charge in [0, 0.05) is 5.69 Å². The van der Waals surface area contributed by atoms with Crippen molar-refractivity contribution in [2.75, 3.05) is 0 Å². The lowest BCUT2D eigenvalue weighted by Gasteiger charge is -2.04. The molecule has 6 heteroatoms. The van der Waals surface area contributed by atoms with E-state index in [2.05, 4.69) is 15.2 Å². The van der Waals surface area contributed by atoms with Crippen molar-refractivity contribution in [1.82, 2.24) is 19.7 Å². The van der Waals surface area contributed by atoms with E-state index < -0.39 is 0 Å². The molecule has 0 saturated carbocycles. The van der Waals surface area contributed by atoms with Crippen LogP contribution in [0.3, 0.4) is 0 Å². The zero-order valence-electron chi connectivity index (χ0n) is 11.6. The van der Waals surface area contributed by atoms with Crippen LogP contribution in [0, 0.1) is 0 Å². The van der Waals surface area contributed by atoms with Gasteiger partial charge in [-0.1, -0.05) is 42.1 Å². The summed E-state index contributed by atoms with van der Waals surface area (Å²) in [4.78, 5) is 4.47. The highest BCUT2D eigenvalue weighted by Crippen LogP contribution is 2.24. The monoisotopic (exact) mass is 308 g/mol. The summed E-state index contributed by atoms with van der Waals surface area (Å²) in [5.74, 6) is 1.30. The zero-order chi connectivity index (χ0) is 14.8. The number of nitrogens with zero attached hydrogens (tertiary/aromatic N) is 4. The van der Waals surface area contributed by atoms with Gasteiger partial charge in [0.1, 0.15) is 11.8 Å². The van der Waals surface area contributed by atoms with Crippen LogP contribution in [-0.4, -0.2) is 19.7 Å². The highest BCUT2D eigenvalue weighted by molar-refractivity contribution is 7.98. The summed E-state index contributed by atoms with van der Waals surface area (Å²) in [6, 6.07) is 17.8. The highest BCUT2D eigenvalue weighted by atomic mass is 32.2. The van der Waals surface area contributed by atoms with Crippen molar-refractivity contribution in [1.29, 1.82) is 0 Å². The van der Waals surface area contributed by atoms with Crippen molar-refractivity contribution in [3.05, 3.63) is 66.8 Å². The number of thioether (sulfide) groups is 1. The van der Waals surface area contributed by atoms with Crippen LogP contribution in [0.1, 0.15) is 5.89 Å². The standard InChI is InChI=1S/C16H12N4OS/c1-2-6-12(7-3-1)20-11-17-19-16(20)22-10-15-18-13-8-4-5-9-14(13)21-15/h1-9,11H,10H2. The summed E-state index contributed by atoms with van der Waals surface area (Å²) in [5, 5.41) is 8.98. The predicted octanol–water partition coefficient (Wildman–Crippen LogP) is 3.70. The number of rotatable bonds is 4. The van der Waals surface area contributed by atoms with Crippen LogP contribution in [0.25, 0.3) is 16.8 Å². The van der Waals surface area contributed by atoms with Gasteiger partial charge in [0.2, 0.25) is 5.89 Å². The molecule has 0 fully saturated rings. The fraction of sp³-hybridized carbons (Fsp3) is 0.0625. The van der Waals surface area contributed by atoms with Gasteiger partial charge in [-0.05, 0) is 24.3 Å². The van der Waals surface area contributed by atoms with E-state index in [9.17, 15) is 0 Å². The van der Waals surface area contributed by atoms with E-state index in [-0.39, 0.29) is 0 Å². The van der Waals surface area contributed by atoms with Gasteiger partial charge >= 0.3 is 0 Å². The SMILES string of the molecule is c1ccc(-n2cnnc2SCc2nc3ccccc3o2)cc1. The molecule has 0 bridgehead atoms. The summed E-state index contributed by atoms with van der Waals surface area (Å²) in [6.07, 6.45) is 1.71. The van der Waals surface area contributed by atoms with Gasteiger partial charge in [0.15, 0.2) is 10.7 Å². The number of aromatic nitrogens is 4. The van der Waals surface area contributed by atoms with Crippen LogP contribution in [0.15, 0.2) is 70.5 Å². The van der Waals surface area contributed by atoms with E-state index in [1.165, 1.54) is 0 Å². The molecule has 2 aromatic heterocycles. The van der Waals surface area contributed by atoms with Crippen LogP contribution in [0.2, 0.25) is 0 Å². The number of hydrogen-bond acceptors (Lipinski definition) is 5. The molecule has 4 aromatic rings. The van der Waals surface area contributed by atoms with Crippen molar-refractivity contribution in [2.45, 2.75) is 10.9 Å². The second kappa shape index (κ2) is 5.65. The van der Waals surface area contributed by atoms with Gasteiger partial charge in [-0.3, -0.25) is 4.57 Å². The van der Waals surface area contributed by atoms with Gasteiger partial charge in [-0.25, -0.2) is 4.98 Å². The maximum absolute atomic E-state index is 5.72. The molecule has 0 atom stereocenters. The van der Waals surface area contributed by atoms with Crippen LogP contribution < -0.4 is 0 Å². The first-order valence-corrected chi connectivity index (χ1v) is 7.81. The molecule has 0 aliphatic rings. The molecule has 4 rings (SSSR count). The Balaban J connectivity index is 1.56. The minimum atomic E-state index is 0.611. The Morgan fingerprint density at radius 1 is 1.00 bits per heavy atom. The first-order chi connectivity index (χ1) is 10.9. The van der Waals surface area contributed by atoms with Crippen LogP contribution >= 0.6 is 11.8 Å². The molecule has 22 heavy (non-hydrogen) atoms. The first-order valence-electron chi connectivity index (χ1n) is 6.83. The van der Waals surface area contributed by atoms with Crippen molar-refractivity contribution in [2.24, 2.45) is 0 Å². The third kappa shape index (κ3) is 2.48. The van der Waals surface area contributed by atoms with E-state index in [1.54, 1.807) is 18.1 Å². The van der Waals surface area contributed by atoms with Gasteiger partial charge in [0.25, 0.3) is 0 Å². The maximum Gasteiger partial charge on any atom is 0.205 e. The lowest BCUT2D eigenvalue weighted by atomic mass is 10.3. The van der Waals surface area contributed by atoms with Gasteiger partial charge in [-0.2, -0.15) is 0 Å². The number of fused-ring (bicyclic) bond motifs is 1. The maximum atomic E-state index is 5.72. The largest absolute Gasteiger partial charge is 0.440 e. The fourth-order valence-electron chi connectivity index (χ4n) is 2.20. The molecule has 0 aliphatic carbocycles. The molecule has 0 spiro atoms. The molecule has 0 radical (unpaired) electrons. The summed E-state index contributed by atoms with van der Waals surface area (Å²) < 4.78 is 7.67. The number of hydrogen-bond donors (Lipinski definition) is 0. The molecule has 0 N–H and O–H groups in total. The Bertz CT molecular complexity index is 868. The van der Waals surface area contributed by atoms with Gasteiger partial charge < -0.3 is 4.42 Å². The second-order valence-corrected chi connectivity index (χ2v) is 5.63. The van der Waals surface area contributed by atoms with Crippen LogP contribution in [0.4, 0.5) is 0 Å². The quantitative estimate of drug-likeness (QED) is 0.538. The fourth-order valence-corrected chi connectivity index (χ4v) is 2.97. The number of para-hydroxylation sites is 3. The Hall–Kier alpha value is -2.60. The third-order valence-electron chi connectivity index (χ3n) is 3.21. The summed E-state index contributed by atoms with van der Waals surface area (Å²) >= 11 is 1.55. The van der Waals surface area contributed by atoms with Crippen molar-refractivity contribution in [3.8, 4) is 5.69 Å². The van der Waals surface area contributed by atoms with E-state index >= 15 is 0 Å². The van der Waals surface area contributed by atoms with E-state index in [4.69, 9.17) is 4.42 Å². The number of oxazole rings is 1. The highest BCUT2D eigenvalue weighted by Gasteiger charge is 2.10. The molecule has 0 saturated heterocycles. The molecule has 0 aliphatic heterocycles. The molecule has 0 amide bonds. The smallest absolute Gasteiger partial charge is 0.205 e. The molecule has 5 nitrogen and oxygen atoms in total. The Morgan fingerprint density at radius 3 is 2.68 bits per heavy atom. The first kappa shape index (κ1) is 13.1. The van der Waals surface area contributed by atoms with Crippen molar-refractivity contribution in [3.63, 3.8) is 0 Å². The minimum Gasteiger partial charge on any atom is -0.440 e. The Kier molecular flexibility index (Phi) is 3.36. The second-order valence-electron chi connectivity index (χ2n) is 4.68. The molecular formula is C16H12N4OS. The normalized spacial score (nSPS) is 11.1. The van der Waals surface area contributed by atoms with E-state index in [0.29, 0.717) is 11.6 Å². The number of benzene rings is 2. The average molecular weight is 308 g/mol. The summed E-state index contributed by atoms with van der Waals surface area (Å²) in [7, 11) is 0. The lowest BCUT2D eigenvalue weighted by molar-refractivity contribution is 0.556. The predicted molar refractivity (Wildman–Crippen MR) is 84.9 cm³/mol. The molecule has 2 heterocycles. The van der Waals surface area contributed by atoms with Crippen LogP contribution in [0.5, 0.6) is 0 Å².